The van der Waals surface area contributed by atoms with Crippen molar-refractivity contribution in [3.63, 3.8) is 0 Å². The van der Waals surface area contributed by atoms with Gasteiger partial charge >= 0.3 is 0 Å². The van der Waals surface area contributed by atoms with Gasteiger partial charge in [0, 0.05) is 17.5 Å². The molecule has 4 rings (SSSR count). The van der Waals surface area contributed by atoms with Gasteiger partial charge in [-0.15, -0.1) is 0 Å². The molecule has 0 saturated heterocycles. The topological polar surface area (TPSA) is 103 Å². The van der Waals surface area contributed by atoms with Crippen molar-refractivity contribution in [2.75, 3.05) is 12.4 Å². The second-order valence-corrected chi connectivity index (χ2v) is 8.08. The normalized spacial score (nSPS) is 11.8. The molecule has 31 heavy (non-hydrogen) atoms. The summed E-state index contributed by atoms with van der Waals surface area (Å²) < 4.78 is 21.1. The number of fused-ring (bicyclic) bond motifs is 3. The van der Waals surface area contributed by atoms with Gasteiger partial charge in [-0.25, -0.2) is 9.37 Å². The first-order chi connectivity index (χ1) is 14.7. The molecule has 0 saturated carbocycles. The Morgan fingerprint density at radius 1 is 1.23 bits per heavy atom. The van der Waals surface area contributed by atoms with Crippen molar-refractivity contribution in [3.05, 3.63) is 58.4 Å². The van der Waals surface area contributed by atoms with Crippen LogP contribution in [0.5, 0.6) is 5.88 Å². The first-order valence-corrected chi connectivity index (χ1v) is 9.56. The van der Waals surface area contributed by atoms with Crippen LogP contribution in [0.4, 0.5) is 10.2 Å². The Hall–Kier alpha value is -3.82. The Kier molecular flexibility index (Phi) is 4.92. The van der Waals surface area contributed by atoms with Gasteiger partial charge in [0.05, 0.1) is 24.4 Å². The van der Waals surface area contributed by atoms with Crippen LogP contribution >= 0.6 is 0 Å². The molecule has 10 heteroatoms. The number of pyridine rings is 2. The van der Waals surface area contributed by atoms with Gasteiger partial charge in [-0.3, -0.25) is 14.2 Å². The monoisotopic (exact) mass is 424 g/mol. The number of anilines is 1. The molecule has 0 aliphatic carbocycles. The van der Waals surface area contributed by atoms with Crippen LogP contribution in [0.3, 0.4) is 0 Å². The van der Waals surface area contributed by atoms with E-state index >= 15 is 0 Å². The Bertz CT molecular complexity index is 1350. The molecule has 0 atom stereocenters. The number of nitrogens with one attached hydrogen (secondary N) is 1. The minimum absolute atomic E-state index is 0.187. The van der Waals surface area contributed by atoms with Crippen LogP contribution in [-0.4, -0.2) is 37.2 Å². The van der Waals surface area contributed by atoms with Crippen LogP contribution in [0, 0.1) is 5.82 Å². The lowest BCUT2D eigenvalue weighted by atomic mass is 9.93. The average molecular weight is 424 g/mol. The highest BCUT2D eigenvalue weighted by Crippen LogP contribution is 2.24. The van der Waals surface area contributed by atoms with Crippen molar-refractivity contribution in [3.8, 4) is 5.88 Å². The molecule has 4 aromatic heterocycles. The smallest absolute Gasteiger partial charge is 0.263 e. The van der Waals surface area contributed by atoms with E-state index in [4.69, 9.17) is 4.74 Å². The molecular weight excluding hydrogens is 403 g/mol. The summed E-state index contributed by atoms with van der Waals surface area (Å²) in [5.41, 5.74) is 0.814. The molecule has 0 fully saturated rings. The number of nitrogens with zero attached hydrogens (tertiary/aromatic N) is 5. The zero-order chi connectivity index (χ0) is 22.3. The lowest BCUT2D eigenvalue weighted by Crippen LogP contribution is -2.29. The van der Waals surface area contributed by atoms with Gasteiger partial charge in [0.1, 0.15) is 23.8 Å². The number of halogens is 1. The highest BCUT2D eigenvalue weighted by atomic mass is 19.1. The lowest BCUT2D eigenvalue weighted by Gasteiger charge is -2.13. The highest BCUT2D eigenvalue weighted by Gasteiger charge is 2.23. The summed E-state index contributed by atoms with van der Waals surface area (Å²) in [5.74, 6) is -0.463. The van der Waals surface area contributed by atoms with E-state index in [1.54, 1.807) is 22.7 Å². The number of ether oxygens (including phenoxy) is 1. The third-order valence-electron chi connectivity index (χ3n) is 4.77. The molecule has 0 aliphatic rings. The highest BCUT2D eigenvalue weighted by molar-refractivity contribution is 5.90. The second-order valence-electron chi connectivity index (χ2n) is 8.08. The number of aromatic nitrogens is 5. The maximum Gasteiger partial charge on any atom is 0.263 e. The first-order valence-electron chi connectivity index (χ1n) is 9.56. The van der Waals surface area contributed by atoms with E-state index < -0.39 is 11.7 Å². The lowest BCUT2D eigenvalue weighted by molar-refractivity contribution is -0.116. The summed E-state index contributed by atoms with van der Waals surface area (Å²) in [7, 11) is 1.49. The largest absolute Gasteiger partial charge is 0.481 e. The van der Waals surface area contributed by atoms with Crippen molar-refractivity contribution >= 4 is 28.4 Å². The Morgan fingerprint density at radius 2 is 2.00 bits per heavy atom. The standard InChI is InChI=1S/C21H21FN6O3/c1-21(2,3)14-9-18-27(11-16(29)24-15-7-5-12(22)10-23-15)20(30)13-6-8-17(31-4)25-19(13)28(18)26-14/h5-10H,11H2,1-4H3,(H,23,24,29). The second kappa shape index (κ2) is 7.46. The van der Waals surface area contributed by atoms with E-state index in [0.717, 1.165) is 11.9 Å². The third-order valence-corrected chi connectivity index (χ3v) is 4.77. The van der Waals surface area contributed by atoms with Crippen LogP contribution in [-0.2, 0) is 16.8 Å². The van der Waals surface area contributed by atoms with Gasteiger partial charge in [-0.05, 0) is 18.2 Å². The zero-order valence-electron chi connectivity index (χ0n) is 17.5. The van der Waals surface area contributed by atoms with Crippen LogP contribution in [0.1, 0.15) is 26.5 Å². The minimum Gasteiger partial charge on any atom is -0.481 e. The van der Waals surface area contributed by atoms with Crippen LogP contribution in [0.25, 0.3) is 16.7 Å². The summed E-state index contributed by atoms with van der Waals surface area (Å²) in [6.07, 6.45) is 1.00. The van der Waals surface area contributed by atoms with E-state index in [2.05, 4.69) is 20.4 Å². The fourth-order valence-electron chi connectivity index (χ4n) is 3.14. The van der Waals surface area contributed by atoms with E-state index in [1.165, 1.54) is 23.8 Å². The summed E-state index contributed by atoms with van der Waals surface area (Å²) in [6.45, 7) is 5.72. The molecular formula is C21H21FN6O3. The van der Waals surface area contributed by atoms with Crippen molar-refractivity contribution < 1.29 is 13.9 Å². The first kappa shape index (κ1) is 20.5. The van der Waals surface area contributed by atoms with Gasteiger partial charge < -0.3 is 10.1 Å². The fraction of sp³-hybridized carbons (Fsp3) is 0.286. The predicted octanol–water partition coefficient (Wildman–Crippen LogP) is 2.52. The van der Waals surface area contributed by atoms with Gasteiger partial charge in [0.2, 0.25) is 11.8 Å². The van der Waals surface area contributed by atoms with E-state index in [-0.39, 0.29) is 23.3 Å². The summed E-state index contributed by atoms with van der Waals surface area (Å²) in [5, 5.41) is 7.51. The van der Waals surface area contributed by atoms with Crippen LogP contribution in [0.2, 0.25) is 0 Å². The van der Waals surface area contributed by atoms with Crippen molar-refractivity contribution in [2.45, 2.75) is 32.7 Å². The number of methoxy groups -OCH3 is 1. The molecule has 4 aromatic rings. The van der Waals surface area contributed by atoms with Crippen LogP contribution in [0.15, 0.2) is 41.3 Å². The number of hydrogen-bond acceptors (Lipinski definition) is 6. The molecule has 9 nitrogen and oxygen atoms in total. The fourth-order valence-corrected chi connectivity index (χ4v) is 3.14. The molecule has 160 valence electrons. The number of rotatable bonds is 4. The Labute approximate surface area is 176 Å². The Morgan fingerprint density at radius 3 is 2.65 bits per heavy atom. The number of carbonyl (C=O) groups excluding carboxylic acids is 1. The maximum absolute atomic E-state index is 13.2. The number of hydrogen-bond donors (Lipinski definition) is 1. The van der Waals surface area contributed by atoms with E-state index in [1.807, 2.05) is 20.8 Å². The minimum atomic E-state index is -0.512. The molecule has 0 aromatic carbocycles. The Balaban J connectivity index is 1.85. The molecule has 0 unspecified atom stereocenters. The quantitative estimate of drug-likeness (QED) is 0.540. The van der Waals surface area contributed by atoms with Gasteiger partial charge in [-0.2, -0.15) is 14.6 Å². The summed E-state index contributed by atoms with van der Waals surface area (Å²) in [4.78, 5) is 34.1. The van der Waals surface area contributed by atoms with Crippen molar-refractivity contribution in [1.29, 1.82) is 0 Å². The molecule has 0 spiro atoms. The van der Waals surface area contributed by atoms with Crippen molar-refractivity contribution in [2.24, 2.45) is 0 Å². The SMILES string of the molecule is COc1ccc2c(=O)n(CC(=O)Nc3ccc(F)cn3)c3cc(C(C)(C)C)nn3c2n1. The average Bonchev–Trinajstić information content (AvgIpc) is 3.18. The summed E-state index contributed by atoms with van der Waals surface area (Å²) >= 11 is 0. The molecule has 1 amide bonds. The van der Waals surface area contributed by atoms with Crippen LogP contribution < -0.4 is 15.6 Å². The van der Waals surface area contributed by atoms with Gasteiger partial charge in [0.15, 0.2) is 5.65 Å². The van der Waals surface area contributed by atoms with Crippen molar-refractivity contribution in [1.82, 2.24) is 24.1 Å². The molecule has 4 heterocycles. The van der Waals surface area contributed by atoms with E-state index in [0.29, 0.717) is 22.6 Å². The number of amides is 1. The zero-order valence-corrected chi connectivity index (χ0v) is 17.5. The molecule has 0 aliphatic heterocycles. The molecule has 1 N–H and O–H groups in total. The van der Waals surface area contributed by atoms with Gasteiger partial charge in [0.25, 0.3) is 5.56 Å². The summed E-state index contributed by atoms with van der Waals surface area (Å²) in [6, 6.07) is 7.48. The van der Waals surface area contributed by atoms with E-state index in [9.17, 15) is 14.0 Å². The maximum atomic E-state index is 13.2. The third kappa shape index (κ3) is 3.83. The molecule has 0 radical (unpaired) electrons. The van der Waals surface area contributed by atoms with Gasteiger partial charge in [-0.1, -0.05) is 20.8 Å². The number of carbonyl (C=O) groups is 1. The predicted molar refractivity (Wildman–Crippen MR) is 113 cm³/mol. The molecule has 0 bridgehead atoms.